The molecule has 23 heavy (non-hydrogen) atoms. The standard InChI is InChI=1S/C15H19Cl2FN2O3/c1-15(2,10-3-8(16)4-11(17)13(10)18)20-14(22)12-5-19-9(6-21)7-23-12/h3-4,9,12,19,21H,5-7H2,1-2H3,(H,20,22)/t9-,12+/m1/s1. The van der Waals surface area contributed by atoms with Gasteiger partial charge in [-0.3, -0.25) is 4.79 Å². The minimum Gasteiger partial charge on any atom is -0.395 e. The summed E-state index contributed by atoms with van der Waals surface area (Å²) in [6.07, 6.45) is -0.713. The van der Waals surface area contributed by atoms with Gasteiger partial charge in [-0.05, 0) is 26.0 Å². The molecule has 5 nitrogen and oxygen atoms in total. The number of nitrogens with one attached hydrogen (secondary N) is 2. The number of morpholine rings is 1. The van der Waals surface area contributed by atoms with Gasteiger partial charge in [0.2, 0.25) is 0 Å². The lowest BCUT2D eigenvalue weighted by Gasteiger charge is -2.33. The second kappa shape index (κ2) is 7.32. The highest BCUT2D eigenvalue weighted by molar-refractivity contribution is 6.34. The summed E-state index contributed by atoms with van der Waals surface area (Å²) in [5.41, 5.74) is -0.826. The largest absolute Gasteiger partial charge is 0.395 e. The van der Waals surface area contributed by atoms with E-state index in [1.807, 2.05) is 0 Å². The SMILES string of the molecule is CC(C)(NC(=O)[C@@H]1CN[C@H](CO)CO1)c1cc(Cl)cc(Cl)c1F. The first kappa shape index (κ1) is 18.4. The Kier molecular flexibility index (Phi) is 5.86. The summed E-state index contributed by atoms with van der Waals surface area (Å²) in [4.78, 5) is 12.3. The summed E-state index contributed by atoms with van der Waals surface area (Å²) in [5, 5.41) is 15.0. The van der Waals surface area contributed by atoms with Crippen LogP contribution in [0.3, 0.4) is 0 Å². The van der Waals surface area contributed by atoms with Crippen molar-refractivity contribution < 1.29 is 19.0 Å². The second-order valence-electron chi connectivity index (χ2n) is 5.97. The van der Waals surface area contributed by atoms with Gasteiger partial charge in [-0.15, -0.1) is 0 Å². The maximum atomic E-state index is 14.3. The first-order chi connectivity index (χ1) is 10.7. The fourth-order valence-electron chi connectivity index (χ4n) is 2.38. The Balaban J connectivity index is 2.11. The maximum absolute atomic E-state index is 14.3. The normalized spacial score (nSPS) is 22.0. The van der Waals surface area contributed by atoms with Crippen molar-refractivity contribution in [1.82, 2.24) is 10.6 Å². The van der Waals surface area contributed by atoms with E-state index in [-0.39, 0.29) is 47.3 Å². The van der Waals surface area contributed by atoms with E-state index >= 15 is 0 Å². The molecule has 0 unspecified atom stereocenters. The molecule has 1 aromatic carbocycles. The van der Waals surface area contributed by atoms with Gasteiger partial charge in [-0.2, -0.15) is 0 Å². The topological polar surface area (TPSA) is 70.6 Å². The van der Waals surface area contributed by atoms with Crippen molar-refractivity contribution in [2.75, 3.05) is 19.8 Å². The fraction of sp³-hybridized carbons (Fsp3) is 0.533. The van der Waals surface area contributed by atoms with Crippen LogP contribution in [0.4, 0.5) is 4.39 Å². The third-order valence-corrected chi connectivity index (χ3v) is 4.20. The van der Waals surface area contributed by atoms with Crippen LogP contribution >= 0.6 is 23.2 Å². The average Bonchev–Trinajstić information content (AvgIpc) is 2.50. The Hall–Kier alpha value is -0.920. The molecule has 0 aliphatic carbocycles. The smallest absolute Gasteiger partial charge is 0.251 e. The van der Waals surface area contributed by atoms with Crippen molar-refractivity contribution in [2.24, 2.45) is 0 Å². The van der Waals surface area contributed by atoms with E-state index in [9.17, 15) is 9.18 Å². The number of rotatable bonds is 4. The number of carbonyl (C=O) groups is 1. The Morgan fingerprint density at radius 1 is 1.52 bits per heavy atom. The predicted octanol–water partition coefficient (Wildman–Crippen LogP) is 1.83. The zero-order valence-corrected chi connectivity index (χ0v) is 14.3. The number of benzene rings is 1. The van der Waals surface area contributed by atoms with Crippen LogP contribution in [0.1, 0.15) is 19.4 Å². The van der Waals surface area contributed by atoms with Gasteiger partial charge < -0.3 is 20.5 Å². The molecule has 0 radical (unpaired) electrons. The molecule has 3 N–H and O–H groups in total. The Bertz CT molecular complexity index is 590. The summed E-state index contributed by atoms with van der Waals surface area (Å²) in [6.45, 7) is 3.75. The molecule has 128 valence electrons. The Labute approximate surface area is 144 Å². The lowest BCUT2D eigenvalue weighted by Crippen LogP contribution is -2.56. The van der Waals surface area contributed by atoms with Gasteiger partial charge in [0.05, 0.1) is 29.8 Å². The summed E-state index contributed by atoms with van der Waals surface area (Å²) in [6, 6.07) is 2.56. The lowest BCUT2D eigenvalue weighted by molar-refractivity contribution is -0.137. The van der Waals surface area contributed by atoms with Gasteiger partial charge in [0.15, 0.2) is 0 Å². The van der Waals surface area contributed by atoms with E-state index in [2.05, 4.69) is 10.6 Å². The number of amides is 1. The molecule has 1 fully saturated rings. The molecule has 2 atom stereocenters. The maximum Gasteiger partial charge on any atom is 0.251 e. The Morgan fingerprint density at radius 2 is 2.22 bits per heavy atom. The van der Waals surface area contributed by atoms with E-state index in [1.54, 1.807) is 13.8 Å². The van der Waals surface area contributed by atoms with Crippen LogP contribution < -0.4 is 10.6 Å². The van der Waals surface area contributed by atoms with Crippen LogP contribution in [-0.4, -0.2) is 42.9 Å². The summed E-state index contributed by atoms with van der Waals surface area (Å²) < 4.78 is 19.7. The summed E-state index contributed by atoms with van der Waals surface area (Å²) in [5.74, 6) is -1.00. The highest BCUT2D eigenvalue weighted by Gasteiger charge is 2.33. The van der Waals surface area contributed by atoms with E-state index in [1.165, 1.54) is 12.1 Å². The van der Waals surface area contributed by atoms with Gasteiger partial charge in [0.1, 0.15) is 11.9 Å². The monoisotopic (exact) mass is 364 g/mol. The number of hydrogen-bond donors (Lipinski definition) is 3. The molecular weight excluding hydrogens is 346 g/mol. The average molecular weight is 365 g/mol. The molecule has 1 aliphatic heterocycles. The Morgan fingerprint density at radius 3 is 2.78 bits per heavy atom. The lowest BCUT2D eigenvalue weighted by atomic mass is 9.93. The van der Waals surface area contributed by atoms with Crippen molar-refractivity contribution in [3.05, 3.63) is 33.6 Å². The zero-order valence-electron chi connectivity index (χ0n) is 12.8. The molecule has 1 heterocycles. The predicted molar refractivity (Wildman–Crippen MR) is 86.2 cm³/mol. The van der Waals surface area contributed by atoms with Gasteiger partial charge in [0, 0.05) is 17.1 Å². The molecule has 0 spiro atoms. The molecule has 1 aliphatic rings. The zero-order chi connectivity index (χ0) is 17.2. The van der Waals surface area contributed by atoms with Crippen LogP contribution in [-0.2, 0) is 15.1 Å². The molecule has 1 saturated heterocycles. The van der Waals surface area contributed by atoms with Crippen LogP contribution in [0.5, 0.6) is 0 Å². The van der Waals surface area contributed by atoms with E-state index in [0.29, 0.717) is 0 Å². The van der Waals surface area contributed by atoms with Gasteiger partial charge >= 0.3 is 0 Å². The number of hydrogen-bond acceptors (Lipinski definition) is 4. The van der Waals surface area contributed by atoms with Crippen molar-refractivity contribution in [3.8, 4) is 0 Å². The first-order valence-corrected chi connectivity index (χ1v) is 7.93. The summed E-state index contributed by atoms with van der Waals surface area (Å²) >= 11 is 11.7. The number of aliphatic hydroxyl groups excluding tert-OH is 1. The van der Waals surface area contributed by atoms with Crippen LogP contribution in [0, 0.1) is 5.82 Å². The molecule has 8 heteroatoms. The van der Waals surface area contributed by atoms with Crippen molar-refractivity contribution in [2.45, 2.75) is 31.5 Å². The van der Waals surface area contributed by atoms with E-state index in [4.69, 9.17) is 33.0 Å². The van der Waals surface area contributed by atoms with Crippen molar-refractivity contribution >= 4 is 29.1 Å². The number of carbonyl (C=O) groups excluding carboxylic acids is 1. The van der Waals surface area contributed by atoms with Gasteiger partial charge in [-0.1, -0.05) is 23.2 Å². The third kappa shape index (κ3) is 4.33. The van der Waals surface area contributed by atoms with Crippen LogP contribution in [0.2, 0.25) is 10.0 Å². The van der Waals surface area contributed by atoms with Crippen molar-refractivity contribution in [1.29, 1.82) is 0 Å². The molecular formula is C15H19Cl2FN2O3. The molecule has 1 aromatic rings. The quantitative estimate of drug-likeness (QED) is 0.712. The highest BCUT2D eigenvalue weighted by atomic mass is 35.5. The molecule has 0 aromatic heterocycles. The highest BCUT2D eigenvalue weighted by Crippen LogP contribution is 2.31. The third-order valence-electron chi connectivity index (χ3n) is 3.71. The number of aliphatic hydroxyl groups is 1. The minimum atomic E-state index is -1.02. The fourth-order valence-corrected chi connectivity index (χ4v) is 2.87. The molecule has 0 saturated carbocycles. The first-order valence-electron chi connectivity index (χ1n) is 7.17. The minimum absolute atomic E-state index is 0.0634. The summed E-state index contributed by atoms with van der Waals surface area (Å²) in [7, 11) is 0. The number of halogens is 3. The molecule has 2 rings (SSSR count). The second-order valence-corrected chi connectivity index (χ2v) is 6.82. The van der Waals surface area contributed by atoms with Crippen LogP contribution in [0.15, 0.2) is 12.1 Å². The van der Waals surface area contributed by atoms with E-state index < -0.39 is 17.5 Å². The van der Waals surface area contributed by atoms with Crippen molar-refractivity contribution in [3.63, 3.8) is 0 Å². The van der Waals surface area contributed by atoms with Crippen LogP contribution in [0.25, 0.3) is 0 Å². The molecule has 1 amide bonds. The molecule has 0 bridgehead atoms. The van der Waals surface area contributed by atoms with Gasteiger partial charge in [-0.25, -0.2) is 4.39 Å². The van der Waals surface area contributed by atoms with E-state index in [0.717, 1.165) is 0 Å². The van der Waals surface area contributed by atoms with Gasteiger partial charge in [0.25, 0.3) is 5.91 Å². The number of ether oxygens (including phenoxy) is 1.